The molecule has 0 aliphatic heterocycles. The number of aromatic carboxylic acids is 1. The number of nitrogens with zero attached hydrogens (tertiary/aromatic N) is 1. The van der Waals surface area contributed by atoms with Crippen molar-refractivity contribution in [2.24, 2.45) is 0 Å². The number of aromatic nitrogens is 1. The number of carboxylic acids is 1. The van der Waals surface area contributed by atoms with Gasteiger partial charge in [-0.25, -0.2) is 9.78 Å². The maximum atomic E-state index is 10.8. The van der Waals surface area contributed by atoms with Crippen LogP contribution in [0.2, 0.25) is 0 Å². The van der Waals surface area contributed by atoms with Gasteiger partial charge in [0.05, 0.1) is 10.4 Å². The van der Waals surface area contributed by atoms with Crippen molar-refractivity contribution in [3.05, 3.63) is 40.3 Å². The van der Waals surface area contributed by atoms with Crippen LogP contribution in [0.5, 0.6) is 0 Å². The number of carbonyl (C=O) groups is 1. The van der Waals surface area contributed by atoms with Gasteiger partial charge in [-0.15, -0.1) is 22.7 Å². The Morgan fingerprint density at radius 3 is 2.89 bits per heavy atom. The van der Waals surface area contributed by atoms with E-state index in [4.69, 9.17) is 9.52 Å². The molecule has 3 rings (SSSR count). The molecular weight excluding hydrogens is 282 g/mol. The van der Waals surface area contributed by atoms with Crippen LogP contribution in [0.4, 0.5) is 0 Å². The summed E-state index contributed by atoms with van der Waals surface area (Å²) in [5.74, 6) is -0.520. The highest BCUT2D eigenvalue weighted by Gasteiger charge is 2.14. The van der Waals surface area contributed by atoms with Gasteiger partial charge in [-0.1, -0.05) is 0 Å². The van der Waals surface area contributed by atoms with E-state index in [2.05, 4.69) is 11.1 Å². The molecule has 3 aromatic heterocycles. The van der Waals surface area contributed by atoms with Gasteiger partial charge >= 0.3 is 5.97 Å². The standard InChI is InChI=1S/C13H9NO3S2/c1-7-2-3-18-11(7)12-14-9(6-19-12)10-4-8(5-17-10)13(15)16/h2-6H,1H3,(H,15,16). The second-order valence-corrected chi connectivity index (χ2v) is 5.75. The lowest BCUT2D eigenvalue weighted by molar-refractivity contribution is 0.0696. The molecule has 0 spiro atoms. The lowest BCUT2D eigenvalue weighted by Gasteiger charge is -1.92. The molecule has 1 N–H and O–H groups in total. The summed E-state index contributed by atoms with van der Waals surface area (Å²) in [6.07, 6.45) is 1.23. The van der Waals surface area contributed by atoms with Gasteiger partial charge in [0.2, 0.25) is 0 Å². The first-order chi connectivity index (χ1) is 9.15. The average molecular weight is 291 g/mol. The normalized spacial score (nSPS) is 10.8. The van der Waals surface area contributed by atoms with Crippen molar-refractivity contribution in [3.63, 3.8) is 0 Å². The molecule has 3 aromatic rings. The maximum absolute atomic E-state index is 10.8. The van der Waals surface area contributed by atoms with Gasteiger partial charge in [0.15, 0.2) is 5.76 Å². The van der Waals surface area contributed by atoms with E-state index in [-0.39, 0.29) is 5.56 Å². The fourth-order valence-electron chi connectivity index (χ4n) is 1.67. The molecule has 4 nitrogen and oxygen atoms in total. The third kappa shape index (κ3) is 2.20. The summed E-state index contributed by atoms with van der Waals surface area (Å²) in [6, 6.07) is 3.54. The van der Waals surface area contributed by atoms with Crippen LogP contribution in [-0.4, -0.2) is 16.1 Å². The van der Waals surface area contributed by atoms with Crippen LogP contribution in [0.1, 0.15) is 15.9 Å². The molecule has 6 heteroatoms. The fourth-order valence-corrected chi connectivity index (χ4v) is 3.57. The molecule has 0 aromatic carbocycles. The zero-order valence-electron chi connectivity index (χ0n) is 9.91. The minimum Gasteiger partial charge on any atom is -0.478 e. The smallest absolute Gasteiger partial charge is 0.338 e. The molecule has 0 aliphatic rings. The van der Waals surface area contributed by atoms with Crippen LogP contribution in [0, 0.1) is 6.92 Å². The molecule has 0 radical (unpaired) electrons. The number of aryl methyl sites for hydroxylation is 1. The number of hydrogen-bond donors (Lipinski definition) is 1. The van der Waals surface area contributed by atoms with Gasteiger partial charge in [0, 0.05) is 11.4 Å². The minimum atomic E-state index is -1.00. The lowest BCUT2D eigenvalue weighted by atomic mass is 10.3. The van der Waals surface area contributed by atoms with Crippen molar-refractivity contribution < 1.29 is 14.3 Å². The van der Waals surface area contributed by atoms with E-state index in [1.165, 1.54) is 29.2 Å². The summed E-state index contributed by atoms with van der Waals surface area (Å²) in [5, 5.41) is 13.7. The van der Waals surface area contributed by atoms with Crippen LogP contribution in [0.15, 0.2) is 33.6 Å². The van der Waals surface area contributed by atoms with Crippen molar-refractivity contribution in [1.29, 1.82) is 0 Å². The second-order valence-electron chi connectivity index (χ2n) is 3.98. The molecule has 3 heterocycles. The van der Waals surface area contributed by atoms with E-state index in [0.29, 0.717) is 11.5 Å². The van der Waals surface area contributed by atoms with Crippen LogP contribution in [-0.2, 0) is 0 Å². The maximum Gasteiger partial charge on any atom is 0.338 e. The van der Waals surface area contributed by atoms with Gasteiger partial charge in [-0.05, 0) is 23.9 Å². The largest absolute Gasteiger partial charge is 0.478 e. The van der Waals surface area contributed by atoms with Gasteiger partial charge in [0.25, 0.3) is 0 Å². The van der Waals surface area contributed by atoms with Crippen LogP contribution >= 0.6 is 22.7 Å². The minimum absolute atomic E-state index is 0.136. The monoisotopic (exact) mass is 291 g/mol. The van der Waals surface area contributed by atoms with Gasteiger partial charge in [-0.3, -0.25) is 0 Å². The molecule has 0 fully saturated rings. The predicted octanol–water partition coefficient (Wildman–Crippen LogP) is 4.14. The third-order valence-corrected chi connectivity index (χ3v) is 4.67. The summed E-state index contributed by atoms with van der Waals surface area (Å²) in [5.41, 5.74) is 1.99. The number of furan rings is 1. The Balaban J connectivity index is 1.97. The molecule has 0 saturated heterocycles. The fraction of sp³-hybridized carbons (Fsp3) is 0.0769. The van der Waals surface area contributed by atoms with Crippen LogP contribution in [0.3, 0.4) is 0 Å². The number of thiophene rings is 1. The van der Waals surface area contributed by atoms with Crippen molar-refractivity contribution in [3.8, 4) is 21.3 Å². The molecule has 0 bridgehead atoms. The Hall–Kier alpha value is -1.92. The Morgan fingerprint density at radius 1 is 1.42 bits per heavy atom. The Labute approximate surface area is 117 Å². The summed E-state index contributed by atoms with van der Waals surface area (Å²) < 4.78 is 5.24. The van der Waals surface area contributed by atoms with Crippen molar-refractivity contribution in [2.75, 3.05) is 0 Å². The first kappa shape index (κ1) is 12.1. The zero-order chi connectivity index (χ0) is 13.4. The second kappa shape index (κ2) is 4.64. The first-order valence-corrected chi connectivity index (χ1v) is 7.23. The van der Waals surface area contributed by atoms with Crippen molar-refractivity contribution >= 4 is 28.6 Å². The van der Waals surface area contributed by atoms with Gasteiger partial charge in [0.1, 0.15) is 17.0 Å². The molecular formula is C13H9NO3S2. The number of hydrogen-bond acceptors (Lipinski definition) is 5. The molecule has 0 saturated carbocycles. The highest BCUT2D eigenvalue weighted by molar-refractivity contribution is 7.20. The van der Waals surface area contributed by atoms with Crippen LogP contribution in [0.25, 0.3) is 21.3 Å². The zero-order valence-corrected chi connectivity index (χ0v) is 11.5. The van der Waals surface area contributed by atoms with E-state index < -0.39 is 5.97 Å². The van der Waals surface area contributed by atoms with Crippen molar-refractivity contribution in [2.45, 2.75) is 6.92 Å². The Morgan fingerprint density at radius 2 is 2.26 bits per heavy atom. The molecule has 19 heavy (non-hydrogen) atoms. The highest BCUT2D eigenvalue weighted by atomic mass is 32.1. The number of rotatable bonds is 3. The van der Waals surface area contributed by atoms with E-state index in [1.54, 1.807) is 11.3 Å². The molecule has 96 valence electrons. The SMILES string of the molecule is Cc1ccsc1-c1nc(-c2cc(C(=O)O)co2)cs1. The topological polar surface area (TPSA) is 63.3 Å². The Bertz CT molecular complexity index is 739. The van der Waals surface area contributed by atoms with Gasteiger partial charge in [-0.2, -0.15) is 0 Å². The third-order valence-electron chi connectivity index (χ3n) is 2.66. The summed E-state index contributed by atoms with van der Waals surface area (Å²) in [4.78, 5) is 16.4. The Kier molecular flexibility index (Phi) is 2.96. The van der Waals surface area contributed by atoms with E-state index >= 15 is 0 Å². The molecule has 0 aliphatic carbocycles. The summed E-state index contributed by atoms with van der Waals surface area (Å²) in [7, 11) is 0. The average Bonchev–Trinajstić information content (AvgIpc) is 3.07. The summed E-state index contributed by atoms with van der Waals surface area (Å²) >= 11 is 3.17. The van der Waals surface area contributed by atoms with E-state index in [0.717, 1.165) is 9.88 Å². The van der Waals surface area contributed by atoms with Crippen molar-refractivity contribution in [1.82, 2.24) is 4.98 Å². The van der Waals surface area contributed by atoms with Crippen LogP contribution < -0.4 is 0 Å². The quantitative estimate of drug-likeness (QED) is 0.787. The molecule has 0 atom stereocenters. The van der Waals surface area contributed by atoms with E-state index in [1.807, 2.05) is 17.7 Å². The number of carboxylic acid groups (broad SMARTS) is 1. The predicted molar refractivity (Wildman–Crippen MR) is 74.8 cm³/mol. The molecule has 0 unspecified atom stereocenters. The molecule has 0 amide bonds. The summed E-state index contributed by atoms with van der Waals surface area (Å²) in [6.45, 7) is 2.04. The lowest BCUT2D eigenvalue weighted by Crippen LogP contribution is -1.91. The van der Waals surface area contributed by atoms with E-state index in [9.17, 15) is 4.79 Å². The van der Waals surface area contributed by atoms with Gasteiger partial charge < -0.3 is 9.52 Å². The first-order valence-electron chi connectivity index (χ1n) is 5.47. The highest BCUT2D eigenvalue weighted by Crippen LogP contribution is 2.34. The number of thiazole rings is 1.